The molecule has 1 heterocycles. The van der Waals surface area contributed by atoms with Crippen LogP contribution in [0.2, 0.25) is 0 Å². The van der Waals surface area contributed by atoms with Gasteiger partial charge in [0.1, 0.15) is 5.01 Å². The van der Waals surface area contributed by atoms with Gasteiger partial charge in [0.05, 0.1) is 5.69 Å². The first kappa shape index (κ1) is 14.5. The van der Waals surface area contributed by atoms with Crippen LogP contribution in [0.4, 0.5) is 0 Å². The van der Waals surface area contributed by atoms with Crippen molar-refractivity contribution in [3.05, 3.63) is 16.1 Å². The second-order valence-corrected chi connectivity index (χ2v) is 7.19. The standard InChI is InChI=1S/C16H27N3S/c1-2-19(15-6-4-3-5-7-15)11-14-12-20-16(18-14)10-17-13-8-9-13/h12-13,15,17H,2-11H2,1H3. The zero-order chi connectivity index (χ0) is 13.8. The molecule has 0 radical (unpaired) electrons. The molecular formula is C16H27N3S. The number of aromatic nitrogens is 1. The van der Waals surface area contributed by atoms with Gasteiger partial charge in [-0.05, 0) is 32.2 Å². The first-order valence-corrected chi connectivity index (χ1v) is 9.14. The van der Waals surface area contributed by atoms with Crippen LogP contribution in [-0.2, 0) is 13.1 Å². The molecule has 4 heteroatoms. The van der Waals surface area contributed by atoms with Crippen LogP contribution in [0.25, 0.3) is 0 Å². The number of hydrogen-bond acceptors (Lipinski definition) is 4. The Balaban J connectivity index is 1.51. The SMILES string of the molecule is CCN(Cc1csc(CNC2CC2)n1)C1CCCCC1. The molecule has 112 valence electrons. The van der Waals surface area contributed by atoms with E-state index in [2.05, 4.69) is 22.5 Å². The molecule has 2 saturated carbocycles. The minimum absolute atomic E-state index is 0.775. The molecule has 1 aromatic rings. The highest BCUT2D eigenvalue weighted by Gasteiger charge is 2.22. The molecule has 0 amide bonds. The Bertz CT molecular complexity index is 408. The minimum atomic E-state index is 0.775. The maximum Gasteiger partial charge on any atom is 0.107 e. The van der Waals surface area contributed by atoms with Gasteiger partial charge in [0, 0.05) is 30.6 Å². The highest BCUT2D eigenvalue weighted by atomic mass is 32.1. The molecular weight excluding hydrogens is 266 g/mol. The molecule has 1 aromatic heterocycles. The number of nitrogens with one attached hydrogen (secondary N) is 1. The van der Waals surface area contributed by atoms with E-state index in [-0.39, 0.29) is 0 Å². The highest BCUT2D eigenvalue weighted by Crippen LogP contribution is 2.24. The lowest BCUT2D eigenvalue weighted by Crippen LogP contribution is -2.36. The van der Waals surface area contributed by atoms with Gasteiger partial charge in [-0.25, -0.2) is 4.98 Å². The van der Waals surface area contributed by atoms with Crippen molar-refractivity contribution in [2.24, 2.45) is 0 Å². The molecule has 0 unspecified atom stereocenters. The van der Waals surface area contributed by atoms with E-state index in [4.69, 9.17) is 4.98 Å². The third-order valence-corrected chi connectivity index (χ3v) is 5.48. The third-order valence-electron chi connectivity index (χ3n) is 4.58. The van der Waals surface area contributed by atoms with Gasteiger partial charge in [-0.2, -0.15) is 0 Å². The van der Waals surface area contributed by atoms with E-state index in [1.165, 1.54) is 55.6 Å². The summed E-state index contributed by atoms with van der Waals surface area (Å²) in [7, 11) is 0. The van der Waals surface area contributed by atoms with Crippen LogP contribution >= 0.6 is 11.3 Å². The number of nitrogens with zero attached hydrogens (tertiary/aromatic N) is 2. The van der Waals surface area contributed by atoms with Crippen molar-refractivity contribution in [2.45, 2.75) is 77.0 Å². The van der Waals surface area contributed by atoms with Gasteiger partial charge < -0.3 is 5.32 Å². The van der Waals surface area contributed by atoms with E-state index >= 15 is 0 Å². The summed E-state index contributed by atoms with van der Waals surface area (Å²) in [6, 6.07) is 1.57. The zero-order valence-corrected chi connectivity index (χ0v) is 13.4. The molecule has 0 spiro atoms. The Morgan fingerprint density at radius 3 is 2.75 bits per heavy atom. The summed E-state index contributed by atoms with van der Waals surface area (Å²) >= 11 is 1.82. The zero-order valence-electron chi connectivity index (χ0n) is 12.6. The number of hydrogen-bond donors (Lipinski definition) is 1. The second-order valence-electron chi connectivity index (χ2n) is 6.24. The Labute approximate surface area is 126 Å². The molecule has 1 N–H and O–H groups in total. The highest BCUT2D eigenvalue weighted by molar-refractivity contribution is 7.09. The fourth-order valence-electron chi connectivity index (χ4n) is 3.18. The molecule has 2 fully saturated rings. The lowest BCUT2D eigenvalue weighted by atomic mass is 9.94. The van der Waals surface area contributed by atoms with Gasteiger partial charge in [0.25, 0.3) is 0 Å². The quantitative estimate of drug-likeness (QED) is 0.833. The molecule has 2 aliphatic carbocycles. The molecule has 20 heavy (non-hydrogen) atoms. The van der Waals surface area contributed by atoms with Crippen LogP contribution in [0.3, 0.4) is 0 Å². The maximum atomic E-state index is 4.81. The van der Waals surface area contributed by atoms with Gasteiger partial charge in [-0.3, -0.25) is 4.90 Å². The first-order valence-electron chi connectivity index (χ1n) is 8.26. The largest absolute Gasteiger partial charge is 0.308 e. The Morgan fingerprint density at radius 2 is 2.05 bits per heavy atom. The van der Waals surface area contributed by atoms with Crippen molar-refractivity contribution < 1.29 is 0 Å². The predicted octanol–water partition coefficient (Wildman–Crippen LogP) is 3.55. The molecule has 2 aliphatic rings. The van der Waals surface area contributed by atoms with E-state index < -0.39 is 0 Å². The normalized spacial score (nSPS) is 20.7. The van der Waals surface area contributed by atoms with Crippen molar-refractivity contribution in [1.82, 2.24) is 15.2 Å². The molecule has 0 aliphatic heterocycles. The Morgan fingerprint density at radius 1 is 1.25 bits per heavy atom. The summed E-state index contributed by atoms with van der Waals surface area (Å²) in [5.74, 6) is 0. The molecule has 0 saturated heterocycles. The summed E-state index contributed by atoms with van der Waals surface area (Å²) in [4.78, 5) is 7.44. The van der Waals surface area contributed by atoms with Gasteiger partial charge in [0.2, 0.25) is 0 Å². The van der Waals surface area contributed by atoms with Crippen LogP contribution in [-0.4, -0.2) is 28.5 Å². The summed E-state index contributed by atoms with van der Waals surface area (Å²) in [5, 5.41) is 7.07. The summed E-state index contributed by atoms with van der Waals surface area (Å²) in [6.45, 7) is 5.44. The number of thiazole rings is 1. The fourth-order valence-corrected chi connectivity index (χ4v) is 3.91. The van der Waals surface area contributed by atoms with Crippen LogP contribution in [0.15, 0.2) is 5.38 Å². The van der Waals surface area contributed by atoms with E-state index in [0.29, 0.717) is 0 Å². The molecule has 3 rings (SSSR count). The molecule has 0 atom stereocenters. The lowest BCUT2D eigenvalue weighted by molar-refractivity contribution is 0.154. The van der Waals surface area contributed by atoms with Gasteiger partial charge in [-0.1, -0.05) is 26.2 Å². The maximum absolute atomic E-state index is 4.81. The molecule has 3 nitrogen and oxygen atoms in total. The van der Waals surface area contributed by atoms with Crippen LogP contribution in [0.1, 0.15) is 62.6 Å². The van der Waals surface area contributed by atoms with Crippen molar-refractivity contribution >= 4 is 11.3 Å². The minimum Gasteiger partial charge on any atom is -0.308 e. The van der Waals surface area contributed by atoms with Crippen LogP contribution < -0.4 is 5.32 Å². The number of rotatable bonds is 7. The van der Waals surface area contributed by atoms with Crippen LogP contribution in [0.5, 0.6) is 0 Å². The van der Waals surface area contributed by atoms with E-state index in [1.807, 2.05) is 11.3 Å². The lowest BCUT2D eigenvalue weighted by Gasteiger charge is -2.33. The van der Waals surface area contributed by atoms with Crippen molar-refractivity contribution in [3.8, 4) is 0 Å². The summed E-state index contributed by atoms with van der Waals surface area (Å²) in [5.41, 5.74) is 1.27. The van der Waals surface area contributed by atoms with E-state index in [9.17, 15) is 0 Å². The average molecular weight is 293 g/mol. The topological polar surface area (TPSA) is 28.2 Å². The Hall–Kier alpha value is -0.450. The van der Waals surface area contributed by atoms with Gasteiger partial charge >= 0.3 is 0 Å². The van der Waals surface area contributed by atoms with Crippen molar-refractivity contribution in [1.29, 1.82) is 0 Å². The summed E-state index contributed by atoms with van der Waals surface area (Å²) in [6.07, 6.45) is 9.72. The van der Waals surface area contributed by atoms with Gasteiger partial charge in [-0.15, -0.1) is 11.3 Å². The van der Waals surface area contributed by atoms with Crippen molar-refractivity contribution in [3.63, 3.8) is 0 Å². The molecule has 0 aromatic carbocycles. The van der Waals surface area contributed by atoms with E-state index in [0.717, 1.165) is 31.7 Å². The Kier molecular flexibility index (Phi) is 5.08. The first-order chi connectivity index (χ1) is 9.85. The summed E-state index contributed by atoms with van der Waals surface area (Å²) < 4.78 is 0. The predicted molar refractivity (Wildman–Crippen MR) is 84.9 cm³/mol. The van der Waals surface area contributed by atoms with E-state index in [1.54, 1.807) is 0 Å². The fraction of sp³-hybridized carbons (Fsp3) is 0.812. The average Bonchev–Trinajstić information content (AvgIpc) is 3.22. The smallest absolute Gasteiger partial charge is 0.107 e. The third kappa shape index (κ3) is 4.03. The van der Waals surface area contributed by atoms with Gasteiger partial charge in [0.15, 0.2) is 0 Å². The second kappa shape index (κ2) is 7.01. The van der Waals surface area contributed by atoms with Crippen LogP contribution in [0, 0.1) is 0 Å². The van der Waals surface area contributed by atoms with Crippen molar-refractivity contribution in [2.75, 3.05) is 6.54 Å². The monoisotopic (exact) mass is 293 g/mol. The molecule has 0 bridgehead atoms.